The van der Waals surface area contributed by atoms with Crippen LogP contribution in [0.1, 0.15) is 5.56 Å². The Kier molecular flexibility index (Phi) is 2.88. The van der Waals surface area contributed by atoms with Crippen LogP contribution in [0.25, 0.3) is 55.6 Å². The zero-order chi connectivity index (χ0) is 19.8. The van der Waals surface area contributed by atoms with E-state index in [0.717, 1.165) is 55.5 Å². The number of aryl methyl sites for hydroxylation is 1. The minimum Gasteiger partial charge on any atom is -0.435 e. The van der Waals surface area contributed by atoms with Crippen molar-refractivity contribution in [2.75, 3.05) is 0 Å². The van der Waals surface area contributed by atoms with E-state index in [4.69, 9.17) is 9.40 Å². The molecular weight excluding hydrogens is 372 g/mol. The molecule has 4 aromatic heterocycles. The number of imidazole rings is 2. The van der Waals surface area contributed by atoms with Crippen molar-refractivity contribution in [2.24, 2.45) is 0 Å². The fraction of sp³-hybridized carbons (Fsp3) is 0.0400. The number of hydrogen-bond donors (Lipinski definition) is 0. The molecule has 4 heterocycles. The molecule has 7 rings (SSSR count). The van der Waals surface area contributed by atoms with Gasteiger partial charge in [0.2, 0.25) is 11.5 Å². The number of fused-ring (bicyclic) bond motifs is 8. The van der Waals surface area contributed by atoms with Crippen LogP contribution in [0.4, 0.5) is 0 Å². The highest BCUT2D eigenvalue weighted by Gasteiger charge is 2.20. The van der Waals surface area contributed by atoms with Crippen LogP contribution in [0.2, 0.25) is 0 Å². The molecule has 5 heteroatoms. The number of furan rings is 1. The Bertz CT molecular complexity index is 1770. The molecule has 0 fully saturated rings. The van der Waals surface area contributed by atoms with Crippen LogP contribution in [-0.2, 0) is 0 Å². The summed E-state index contributed by atoms with van der Waals surface area (Å²) in [6, 6.07) is 25.0. The summed E-state index contributed by atoms with van der Waals surface area (Å²) in [5.74, 6) is 0.870. The van der Waals surface area contributed by atoms with E-state index in [1.54, 1.807) is 0 Å². The third-order valence-corrected chi connectivity index (χ3v) is 5.82. The molecule has 0 bridgehead atoms. The molecule has 0 spiro atoms. The second kappa shape index (κ2) is 5.48. The van der Waals surface area contributed by atoms with Gasteiger partial charge >= 0.3 is 0 Å². The monoisotopic (exact) mass is 388 g/mol. The maximum Gasteiger partial charge on any atom is 0.227 e. The van der Waals surface area contributed by atoms with Gasteiger partial charge in [0.1, 0.15) is 0 Å². The Morgan fingerprint density at radius 1 is 0.800 bits per heavy atom. The molecule has 142 valence electrons. The van der Waals surface area contributed by atoms with Gasteiger partial charge in [-0.25, -0.2) is 9.97 Å². The smallest absolute Gasteiger partial charge is 0.227 e. The zero-order valence-electron chi connectivity index (χ0n) is 16.2. The van der Waals surface area contributed by atoms with Gasteiger partial charge < -0.3 is 4.42 Å². The van der Waals surface area contributed by atoms with Gasteiger partial charge in [-0.1, -0.05) is 36.4 Å². The average molecular weight is 388 g/mol. The minimum absolute atomic E-state index is 0.657. The van der Waals surface area contributed by atoms with Crippen molar-refractivity contribution in [2.45, 2.75) is 6.92 Å². The van der Waals surface area contributed by atoms with Gasteiger partial charge in [-0.15, -0.1) is 0 Å². The summed E-state index contributed by atoms with van der Waals surface area (Å²) in [5.41, 5.74) is 7.82. The molecule has 0 atom stereocenters. The van der Waals surface area contributed by atoms with Crippen LogP contribution in [0.3, 0.4) is 0 Å². The maximum atomic E-state index is 6.27. The van der Waals surface area contributed by atoms with E-state index < -0.39 is 0 Å². The number of nitrogens with zero attached hydrogens (tertiary/aromatic N) is 4. The molecule has 30 heavy (non-hydrogen) atoms. The lowest BCUT2D eigenvalue weighted by atomic mass is 10.1. The second-order valence-electron chi connectivity index (χ2n) is 7.68. The van der Waals surface area contributed by atoms with Gasteiger partial charge in [0, 0.05) is 17.0 Å². The maximum absolute atomic E-state index is 6.27. The predicted molar refractivity (Wildman–Crippen MR) is 119 cm³/mol. The number of aromatic nitrogens is 4. The summed E-state index contributed by atoms with van der Waals surface area (Å²) >= 11 is 0. The largest absolute Gasteiger partial charge is 0.435 e. The minimum atomic E-state index is 0.657. The molecule has 0 aliphatic heterocycles. The SMILES string of the molecule is Cc1cnc2oc3c(-n4c5ccccc5n5c6ccccc6nc45)cccc3c2c1. The Morgan fingerprint density at radius 2 is 1.60 bits per heavy atom. The van der Waals surface area contributed by atoms with Crippen molar-refractivity contribution in [3.8, 4) is 5.69 Å². The van der Waals surface area contributed by atoms with Gasteiger partial charge in [0.25, 0.3) is 0 Å². The molecule has 5 nitrogen and oxygen atoms in total. The van der Waals surface area contributed by atoms with Crippen LogP contribution < -0.4 is 0 Å². The van der Waals surface area contributed by atoms with Crippen molar-refractivity contribution in [1.82, 2.24) is 18.9 Å². The van der Waals surface area contributed by atoms with Crippen LogP contribution in [0.5, 0.6) is 0 Å². The van der Waals surface area contributed by atoms with Crippen LogP contribution in [0.15, 0.2) is 83.4 Å². The normalized spacial score (nSPS) is 12.2. The lowest BCUT2D eigenvalue weighted by Crippen LogP contribution is -1.95. The van der Waals surface area contributed by atoms with E-state index in [0.29, 0.717) is 5.71 Å². The highest BCUT2D eigenvalue weighted by molar-refractivity contribution is 6.07. The lowest BCUT2D eigenvalue weighted by Gasteiger charge is -2.05. The third kappa shape index (κ3) is 1.91. The number of rotatable bonds is 1. The molecule has 0 saturated carbocycles. The highest BCUT2D eigenvalue weighted by Crippen LogP contribution is 2.35. The summed E-state index contributed by atoms with van der Waals surface area (Å²) in [6.07, 6.45) is 1.84. The van der Waals surface area contributed by atoms with E-state index in [9.17, 15) is 0 Å². The van der Waals surface area contributed by atoms with Crippen LogP contribution >= 0.6 is 0 Å². The van der Waals surface area contributed by atoms with Gasteiger partial charge in [-0.3, -0.25) is 8.97 Å². The Morgan fingerprint density at radius 3 is 2.50 bits per heavy atom. The zero-order valence-corrected chi connectivity index (χ0v) is 16.2. The first-order valence-electron chi connectivity index (χ1n) is 9.94. The van der Waals surface area contributed by atoms with Crippen molar-refractivity contribution >= 4 is 49.9 Å². The van der Waals surface area contributed by atoms with Gasteiger partial charge in [-0.05, 0) is 48.9 Å². The van der Waals surface area contributed by atoms with E-state index in [1.165, 1.54) is 0 Å². The van der Waals surface area contributed by atoms with Crippen LogP contribution in [0, 0.1) is 6.92 Å². The lowest BCUT2D eigenvalue weighted by molar-refractivity contribution is 0.651. The van der Waals surface area contributed by atoms with Crippen molar-refractivity contribution in [3.63, 3.8) is 0 Å². The summed E-state index contributed by atoms with van der Waals surface area (Å²) in [6.45, 7) is 2.05. The Balaban J connectivity index is 1.70. The molecule has 0 radical (unpaired) electrons. The molecule has 0 saturated heterocycles. The molecule has 0 aliphatic rings. The van der Waals surface area contributed by atoms with Gasteiger partial charge in [0.15, 0.2) is 5.58 Å². The van der Waals surface area contributed by atoms with Gasteiger partial charge in [0.05, 0.1) is 27.8 Å². The summed E-state index contributed by atoms with van der Waals surface area (Å²) in [5, 5.41) is 2.10. The predicted octanol–water partition coefficient (Wildman–Crippen LogP) is 6.03. The molecule has 3 aromatic carbocycles. The fourth-order valence-corrected chi connectivity index (χ4v) is 4.54. The highest BCUT2D eigenvalue weighted by atomic mass is 16.3. The summed E-state index contributed by atoms with van der Waals surface area (Å²) < 4.78 is 10.7. The fourth-order valence-electron chi connectivity index (χ4n) is 4.54. The molecule has 0 aliphatic carbocycles. The quantitative estimate of drug-likeness (QED) is 0.345. The third-order valence-electron chi connectivity index (χ3n) is 5.82. The number of hydrogen-bond acceptors (Lipinski definition) is 3. The van der Waals surface area contributed by atoms with E-state index >= 15 is 0 Å². The molecule has 0 N–H and O–H groups in total. The first-order valence-corrected chi connectivity index (χ1v) is 9.94. The van der Waals surface area contributed by atoms with Crippen molar-refractivity contribution < 1.29 is 4.42 Å². The van der Waals surface area contributed by atoms with E-state index in [1.807, 2.05) is 19.2 Å². The van der Waals surface area contributed by atoms with E-state index in [2.05, 4.69) is 80.7 Å². The Hall–Kier alpha value is -4.12. The number of benzene rings is 3. The number of para-hydroxylation sites is 5. The number of pyridine rings is 1. The Labute approximate surface area is 170 Å². The standard InChI is InChI=1S/C25H16N4O/c1-15-13-17-16-7-6-12-22(23(16)30-24(17)26-14-15)29-21-11-5-4-10-20(21)28-19-9-3-2-8-18(19)27-25(28)29/h2-14H,1H3. The van der Waals surface area contributed by atoms with Crippen molar-refractivity contribution in [3.05, 3.63) is 84.6 Å². The average Bonchev–Trinajstić information content (AvgIpc) is 3.42. The molecule has 0 unspecified atom stereocenters. The first-order chi connectivity index (χ1) is 14.8. The van der Waals surface area contributed by atoms with Crippen molar-refractivity contribution in [1.29, 1.82) is 0 Å². The van der Waals surface area contributed by atoms with Gasteiger partial charge in [-0.2, -0.15) is 0 Å². The second-order valence-corrected chi connectivity index (χ2v) is 7.68. The molecule has 0 amide bonds. The first kappa shape index (κ1) is 15.8. The topological polar surface area (TPSA) is 48.3 Å². The molecular formula is C25H16N4O. The van der Waals surface area contributed by atoms with Crippen LogP contribution in [-0.4, -0.2) is 18.9 Å². The summed E-state index contributed by atoms with van der Waals surface area (Å²) in [4.78, 5) is 9.48. The molecule has 7 aromatic rings. The van der Waals surface area contributed by atoms with E-state index in [-0.39, 0.29) is 0 Å². The summed E-state index contributed by atoms with van der Waals surface area (Å²) in [7, 11) is 0.